The molecule has 0 saturated heterocycles. The molecule has 0 aliphatic heterocycles. The van der Waals surface area contributed by atoms with Gasteiger partial charge in [-0.1, -0.05) is 90.4 Å². The Morgan fingerprint density at radius 3 is 1.34 bits per heavy atom. The molecule has 6 heteroatoms. The maximum absolute atomic E-state index is 12.9. The number of unbranched alkanes of at least 4 members (excludes halogenated alkanes) is 13. The Morgan fingerprint density at radius 1 is 0.537 bits per heavy atom. The molecular formula is C35H48N2O4. The molecule has 6 nitrogen and oxygen atoms in total. The lowest BCUT2D eigenvalue weighted by Gasteiger charge is -2.12. The second kappa shape index (κ2) is 18.6. The lowest BCUT2D eigenvalue weighted by Crippen LogP contribution is -2.07. The van der Waals surface area contributed by atoms with Crippen molar-refractivity contribution in [2.45, 2.75) is 96.8 Å². The van der Waals surface area contributed by atoms with E-state index < -0.39 is 5.97 Å². The van der Waals surface area contributed by atoms with Crippen LogP contribution in [0.1, 0.15) is 107 Å². The fraction of sp³-hybridized carbons (Fsp3) is 0.457. The summed E-state index contributed by atoms with van der Waals surface area (Å²) in [4.78, 5) is 12.9. The van der Waals surface area contributed by atoms with E-state index >= 15 is 0 Å². The highest BCUT2D eigenvalue weighted by Crippen LogP contribution is 2.31. The Morgan fingerprint density at radius 2 is 0.927 bits per heavy atom. The standard InChI is InChI=1S/C35H48N2O4/c1-2-3-4-5-6-7-8-9-10-11-12-13-14-15-24-39-35(38)28-25-33(40-31-20-16-29(36)17-21-31)27-34(26-28)41-32-22-18-30(37)19-23-32/h16-23,25-27H,2-15,24,36-37H2,1H3. The highest BCUT2D eigenvalue weighted by molar-refractivity contribution is 5.90. The maximum atomic E-state index is 12.9. The molecule has 41 heavy (non-hydrogen) atoms. The lowest BCUT2D eigenvalue weighted by molar-refractivity contribution is 0.0497. The van der Waals surface area contributed by atoms with Gasteiger partial charge in [-0.25, -0.2) is 4.79 Å². The summed E-state index contributed by atoms with van der Waals surface area (Å²) < 4.78 is 17.6. The maximum Gasteiger partial charge on any atom is 0.338 e. The van der Waals surface area contributed by atoms with Gasteiger partial charge < -0.3 is 25.7 Å². The second-order valence-electron chi connectivity index (χ2n) is 10.8. The minimum absolute atomic E-state index is 0.369. The first kappa shape index (κ1) is 31.9. The zero-order valence-corrected chi connectivity index (χ0v) is 24.7. The summed E-state index contributed by atoms with van der Waals surface area (Å²) in [6, 6.07) is 19.2. The summed E-state index contributed by atoms with van der Waals surface area (Å²) in [6.45, 7) is 2.66. The van der Waals surface area contributed by atoms with Gasteiger partial charge >= 0.3 is 5.97 Å². The molecule has 222 valence electrons. The Balaban J connectivity index is 1.40. The first-order valence-electron chi connectivity index (χ1n) is 15.4. The van der Waals surface area contributed by atoms with E-state index in [0.29, 0.717) is 46.5 Å². The number of ether oxygens (including phenoxy) is 3. The summed E-state index contributed by atoms with van der Waals surface area (Å²) in [7, 11) is 0. The fourth-order valence-electron chi connectivity index (χ4n) is 4.70. The van der Waals surface area contributed by atoms with Crippen molar-refractivity contribution in [1.82, 2.24) is 0 Å². The normalized spacial score (nSPS) is 10.9. The highest BCUT2D eigenvalue weighted by atomic mass is 16.5. The van der Waals surface area contributed by atoms with E-state index in [4.69, 9.17) is 25.7 Å². The molecule has 0 saturated carbocycles. The van der Waals surface area contributed by atoms with Gasteiger partial charge in [0.05, 0.1) is 12.2 Å². The molecule has 0 fully saturated rings. The van der Waals surface area contributed by atoms with E-state index in [-0.39, 0.29) is 0 Å². The van der Waals surface area contributed by atoms with Crippen LogP contribution in [0, 0.1) is 0 Å². The van der Waals surface area contributed by atoms with E-state index in [0.717, 1.165) is 12.8 Å². The molecule has 0 aromatic heterocycles. The molecule has 0 radical (unpaired) electrons. The van der Waals surface area contributed by atoms with Crippen LogP contribution < -0.4 is 20.9 Å². The Hall–Kier alpha value is -3.67. The fourth-order valence-corrected chi connectivity index (χ4v) is 4.70. The lowest BCUT2D eigenvalue weighted by atomic mass is 10.0. The van der Waals surface area contributed by atoms with Gasteiger partial charge in [-0.2, -0.15) is 0 Å². The third-order valence-electron chi connectivity index (χ3n) is 7.08. The van der Waals surface area contributed by atoms with E-state index in [1.807, 2.05) is 0 Å². The third-order valence-corrected chi connectivity index (χ3v) is 7.08. The van der Waals surface area contributed by atoms with Crippen LogP contribution in [0.15, 0.2) is 66.7 Å². The molecule has 0 aliphatic carbocycles. The van der Waals surface area contributed by atoms with Gasteiger partial charge in [-0.15, -0.1) is 0 Å². The second-order valence-corrected chi connectivity index (χ2v) is 10.8. The quantitative estimate of drug-likeness (QED) is 0.0810. The van der Waals surface area contributed by atoms with Gasteiger partial charge in [0.25, 0.3) is 0 Å². The van der Waals surface area contributed by atoms with Crippen molar-refractivity contribution < 1.29 is 19.0 Å². The molecule has 0 spiro atoms. The van der Waals surface area contributed by atoms with Crippen molar-refractivity contribution in [3.05, 3.63) is 72.3 Å². The first-order valence-corrected chi connectivity index (χ1v) is 15.4. The van der Waals surface area contributed by atoms with Gasteiger partial charge in [-0.3, -0.25) is 0 Å². The molecule has 0 bridgehead atoms. The predicted octanol–water partition coefficient (Wildman–Crippen LogP) is 10.1. The van der Waals surface area contributed by atoms with Crippen LogP contribution in [0.5, 0.6) is 23.0 Å². The van der Waals surface area contributed by atoms with E-state index in [1.54, 1.807) is 66.7 Å². The van der Waals surface area contributed by atoms with Gasteiger partial charge in [-0.05, 0) is 67.1 Å². The average Bonchev–Trinajstić information content (AvgIpc) is 2.97. The zero-order chi connectivity index (χ0) is 29.1. The third kappa shape index (κ3) is 13.0. The van der Waals surface area contributed by atoms with E-state index in [1.165, 1.54) is 77.0 Å². The van der Waals surface area contributed by atoms with Gasteiger partial charge in [0, 0.05) is 17.4 Å². The number of carbonyl (C=O) groups is 1. The van der Waals surface area contributed by atoms with Crippen molar-refractivity contribution in [3.8, 4) is 23.0 Å². The molecular weight excluding hydrogens is 512 g/mol. The van der Waals surface area contributed by atoms with Crippen LogP contribution in [-0.4, -0.2) is 12.6 Å². The Kier molecular flexibility index (Phi) is 14.5. The van der Waals surface area contributed by atoms with Crippen LogP contribution in [-0.2, 0) is 4.74 Å². The largest absolute Gasteiger partial charge is 0.462 e. The molecule has 0 amide bonds. The smallest absolute Gasteiger partial charge is 0.338 e. The van der Waals surface area contributed by atoms with Crippen molar-refractivity contribution in [2.75, 3.05) is 18.1 Å². The molecule has 0 aliphatic rings. The summed E-state index contributed by atoms with van der Waals surface area (Å²) in [5.74, 6) is 1.73. The molecule has 4 N–H and O–H groups in total. The van der Waals surface area contributed by atoms with Crippen LogP contribution >= 0.6 is 0 Å². The molecule has 3 aromatic rings. The number of benzene rings is 3. The average molecular weight is 561 g/mol. The molecule has 3 rings (SSSR count). The summed E-state index contributed by atoms with van der Waals surface area (Å²) in [6.07, 6.45) is 18.0. The minimum atomic E-state index is -0.399. The van der Waals surface area contributed by atoms with Gasteiger partial charge in [0.2, 0.25) is 0 Å². The molecule has 0 unspecified atom stereocenters. The van der Waals surface area contributed by atoms with Crippen molar-refractivity contribution >= 4 is 17.3 Å². The summed E-state index contributed by atoms with van der Waals surface area (Å²) in [5, 5.41) is 0. The zero-order valence-electron chi connectivity index (χ0n) is 24.7. The van der Waals surface area contributed by atoms with Gasteiger partial charge in [0.15, 0.2) is 0 Å². The van der Waals surface area contributed by atoms with Crippen LogP contribution in [0.25, 0.3) is 0 Å². The number of hydrogen-bond donors (Lipinski definition) is 2. The number of carbonyl (C=O) groups excluding carboxylic acids is 1. The van der Waals surface area contributed by atoms with Crippen molar-refractivity contribution in [2.24, 2.45) is 0 Å². The number of nitrogens with two attached hydrogens (primary N) is 2. The predicted molar refractivity (Wildman–Crippen MR) is 169 cm³/mol. The molecule has 0 atom stereocenters. The first-order chi connectivity index (χ1) is 20.0. The molecule has 3 aromatic carbocycles. The SMILES string of the molecule is CCCCCCCCCCCCCCCCOC(=O)c1cc(Oc2ccc(N)cc2)cc(Oc2ccc(N)cc2)c1. The number of esters is 1. The monoisotopic (exact) mass is 560 g/mol. The van der Waals surface area contributed by atoms with E-state index in [2.05, 4.69) is 6.92 Å². The number of hydrogen-bond acceptors (Lipinski definition) is 6. The van der Waals surface area contributed by atoms with Crippen LogP contribution in [0.2, 0.25) is 0 Å². The number of nitrogen functional groups attached to an aromatic ring is 2. The van der Waals surface area contributed by atoms with Crippen molar-refractivity contribution in [3.63, 3.8) is 0 Å². The Labute approximate surface area is 246 Å². The van der Waals surface area contributed by atoms with E-state index in [9.17, 15) is 4.79 Å². The van der Waals surface area contributed by atoms with Crippen LogP contribution in [0.4, 0.5) is 11.4 Å². The Bertz CT molecular complexity index is 1080. The summed E-state index contributed by atoms with van der Waals surface area (Å²) in [5.41, 5.74) is 13.2. The summed E-state index contributed by atoms with van der Waals surface area (Å²) >= 11 is 0. The van der Waals surface area contributed by atoms with Crippen molar-refractivity contribution in [1.29, 1.82) is 0 Å². The topological polar surface area (TPSA) is 96.8 Å². The minimum Gasteiger partial charge on any atom is -0.462 e. The van der Waals surface area contributed by atoms with Gasteiger partial charge in [0.1, 0.15) is 23.0 Å². The highest BCUT2D eigenvalue weighted by Gasteiger charge is 2.13. The number of anilines is 2. The number of rotatable bonds is 20. The van der Waals surface area contributed by atoms with Crippen LogP contribution in [0.3, 0.4) is 0 Å². The molecule has 0 heterocycles.